The van der Waals surface area contributed by atoms with Gasteiger partial charge in [-0.1, -0.05) is 12.1 Å². The maximum absolute atomic E-state index is 12.0. The number of aromatic nitrogens is 4. The van der Waals surface area contributed by atoms with Crippen molar-refractivity contribution in [3.8, 4) is 28.3 Å². The van der Waals surface area contributed by atoms with Gasteiger partial charge in [0.2, 0.25) is 0 Å². The van der Waals surface area contributed by atoms with Gasteiger partial charge in [-0.2, -0.15) is 28.2 Å². The summed E-state index contributed by atoms with van der Waals surface area (Å²) in [6.45, 7) is 2.09. The molecule has 0 spiro atoms. The fraction of sp³-hybridized carbons (Fsp3) is 0.261. The fourth-order valence-corrected chi connectivity index (χ4v) is 5.22. The number of nitrogens with zero attached hydrogens (tertiary/aromatic N) is 7. The molecule has 0 radical (unpaired) electrons. The molecule has 4 heterocycles. The first kappa shape index (κ1) is 22.1. The van der Waals surface area contributed by atoms with E-state index in [0.717, 1.165) is 33.5 Å². The quantitative estimate of drug-likeness (QED) is 0.471. The molecule has 0 saturated carbocycles. The van der Waals surface area contributed by atoms with Crippen molar-refractivity contribution in [3.63, 3.8) is 0 Å². The van der Waals surface area contributed by atoms with Crippen molar-refractivity contribution in [2.24, 2.45) is 7.05 Å². The van der Waals surface area contributed by atoms with Crippen LogP contribution in [0.25, 0.3) is 27.8 Å². The number of nitrogens with one attached hydrogen (secondary N) is 1. The Hall–Kier alpha value is -3.72. The first-order chi connectivity index (χ1) is 16.4. The van der Waals surface area contributed by atoms with Crippen LogP contribution in [-0.4, -0.2) is 65.3 Å². The van der Waals surface area contributed by atoms with Crippen LogP contribution in [0.4, 0.5) is 5.69 Å². The van der Waals surface area contributed by atoms with Gasteiger partial charge in [0.05, 0.1) is 23.5 Å². The van der Waals surface area contributed by atoms with Crippen molar-refractivity contribution in [3.05, 3.63) is 60.7 Å². The molecular weight excluding hydrogens is 452 g/mol. The molecule has 0 unspecified atom stereocenters. The molecule has 10 nitrogen and oxygen atoms in total. The molecule has 1 fully saturated rings. The number of benzene rings is 1. The summed E-state index contributed by atoms with van der Waals surface area (Å²) in [5, 5.41) is 18.3. The van der Waals surface area contributed by atoms with Crippen molar-refractivity contribution in [2.45, 2.75) is 0 Å². The van der Waals surface area contributed by atoms with Gasteiger partial charge in [-0.05, 0) is 23.8 Å². The summed E-state index contributed by atoms with van der Waals surface area (Å²) in [6, 6.07) is 12.4. The second kappa shape index (κ2) is 8.57. The summed E-state index contributed by atoms with van der Waals surface area (Å²) in [5.74, 6) is 0. The van der Waals surface area contributed by atoms with Gasteiger partial charge in [-0.3, -0.25) is 4.68 Å². The maximum Gasteiger partial charge on any atom is 0.279 e. The number of rotatable bonds is 5. The monoisotopic (exact) mass is 476 g/mol. The van der Waals surface area contributed by atoms with Crippen LogP contribution in [0, 0.1) is 11.3 Å². The second-order valence-electron chi connectivity index (χ2n) is 8.15. The summed E-state index contributed by atoms with van der Waals surface area (Å²) >= 11 is 0. The number of anilines is 1. The molecule has 174 valence electrons. The normalized spacial score (nSPS) is 15.0. The van der Waals surface area contributed by atoms with Gasteiger partial charge in [0.15, 0.2) is 0 Å². The smallest absolute Gasteiger partial charge is 0.279 e. The van der Waals surface area contributed by atoms with Gasteiger partial charge in [-0.15, -0.1) is 0 Å². The lowest BCUT2D eigenvalue weighted by atomic mass is 9.99. The highest BCUT2D eigenvalue weighted by Crippen LogP contribution is 2.33. The van der Waals surface area contributed by atoms with Gasteiger partial charge in [-0.25, -0.2) is 9.24 Å². The Labute approximate surface area is 197 Å². The molecule has 34 heavy (non-hydrogen) atoms. The van der Waals surface area contributed by atoms with Crippen LogP contribution in [0.1, 0.15) is 5.56 Å². The largest absolute Gasteiger partial charge is 0.369 e. The highest BCUT2D eigenvalue weighted by Gasteiger charge is 2.25. The topological polar surface area (TPSA) is 112 Å². The molecule has 0 atom stereocenters. The highest BCUT2D eigenvalue weighted by molar-refractivity contribution is 7.87. The first-order valence-corrected chi connectivity index (χ1v) is 12.3. The zero-order valence-electron chi connectivity index (χ0n) is 18.9. The van der Waals surface area contributed by atoms with Crippen LogP contribution in [0.3, 0.4) is 0 Å². The molecule has 1 aromatic carbocycles. The zero-order valence-corrected chi connectivity index (χ0v) is 19.7. The van der Waals surface area contributed by atoms with E-state index >= 15 is 0 Å². The number of fused-ring (bicyclic) bond motifs is 1. The minimum absolute atomic E-state index is 0.431. The van der Waals surface area contributed by atoms with E-state index in [-0.39, 0.29) is 0 Å². The van der Waals surface area contributed by atoms with Crippen LogP contribution in [0.2, 0.25) is 0 Å². The fourth-order valence-electron chi connectivity index (χ4n) is 4.32. The van der Waals surface area contributed by atoms with E-state index in [4.69, 9.17) is 0 Å². The molecule has 1 aliphatic heterocycles. The van der Waals surface area contributed by atoms with E-state index in [9.17, 15) is 13.7 Å². The van der Waals surface area contributed by atoms with E-state index < -0.39 is 10.2 Å². The van der Waals surface area contributed by atoms with E-state index in [0.29, 0.717) is 31.7 Å². The van der Waals surface area contributed by atoms with Crippen LogP contribution in [-0.2, 0) is 17.3 Å². The Morgan fingerprint density at radius 3 is 2.32 bits per heavy atom. The summed E-state index contributed by atoms with van der Waals surface area (Å²) in [5.41, 5.74) is 6.09. The van der Waals surface area contributed by atoms with Crippen LogP contribution in [0.5, 0.6) is 0 Å². The molecule has 0 amide bonds. The van der Waals surface area contributed by atoms with Gasteiger partial charge in [0, 0.05) is 75.0 Å². The third-order valence-corrected chi connectivity index (χ3v) is 7.71. The predicted octanol–water partition coefficient (Wildman–Crippen LogP) is 1.86. The molecule has 1 aliphatic rings. The number of aryl methyl sites for hydroxylation is 1. The van der Waals surface area contributed by atoms with Crippen molar-refractivity contribution < 1.29 is 8.42 Å². The number of hydrogen-bond donors (Lipinski definition) is 1. The van der Waals surface area contributed by atoms with Crippen molar-refractivity contribution >= 4 is 21.4 Å². The third-order valence-electron chi connectivity index (χ3n) is 6.15. The maximum atomic E-state index is 12.0. The van der Waals surface area contributed by atoms with Crippen molar-refractivity contribution in [2.75, 3.05) is 38.1 Å². The lowest BCUT2D eigenvalue weighted by Crippen LogP contribution is -2.51. The van der Waals surface area contributed by atoms with Gasteiger partial charge in [0.1, 0.15) is 6.07 Å². The van der Waals surface area contributed by atoms with Gasteiger partial charge in [0.25, 0.3) is 10.2 Å². The van der Waals surface area contributed by atoms with E-state index in [1.165, 1.54) is 11.4 Å². The number of piperazine rings is 1. The van der Waals surface area contributed by atoms with Crippen LogP contribution in [0.15, 0.2) is 55.1 Å². The Balaban J connectivity index is 1.47. The molecular formula is C23H24N8O2S. The Bertz CT molecular complexity index is 1490. The van der Waals surface area contributed by atoms with E-state index in [1.807, 2.05) is 43.7 Å². The molecule has 11 heteroatoms. The average Bonchev–Trinajstić information content (AvgIpc) is 3.49. The molecule has 4 aromatic rings. The standard InChI is InChI=1S/C23H24N8O2S/c1-25-34(32,33)30-9-7-29(8-10-30)21-5-3-17(4-6-21)22-11-18(20-14-26-28(2)15-20)16-31-23(22)19(12-24)13-27-31/h3-6,11,13-16,25H,7-10H2,1-2H3. The summed E-state index contributed by atoms with van der Waals surface area (Å²) in [4.78, 5) is 2.17. The number of pyridine rings is 1. The van der Waals surface area contributed by atoms with Gasteiger partial charge >= 0.3 is 0 Å². The molecule has 1 saturated heterocycles. The minimum Gasteiger partial charge on any atom is -0.369 e. The Kier molecular flexibility index (Phi) is 5.57. The lowest BCUT2D eigenvalue weighted by Gasteiger charge is -2.35. The predicted molar refractivity (Wildman–Crippen MR) is 129 cm³/mol. The van der Waals surface area contributed by atoms with E-state index in [1.54, 1.807) is 21.6 Å². The molecule has 3 aromatic heterocycles. The van der Waals surface area contributed by atoms with E-state index in [2.05, 4.69) is 32.0 Å². The molecule has 5 rings (SSSR count). The SMILES string of the molecule is CNS(=O)(=O)N1CCN(c2ccc(-c3cc(-c4cnn(C)c4)cn4ncc(C#N)c34)cc2)CC1. The third kappa shape index (κ3) is 3.92. The minimum atomic E-state index is -3.40. The molecule has 0 bridgehead atoms. The highest BCUT2D eigenvalue weighted by atomic mass is 32.2. The average molecular weight is 477 g/mol. The first-order valence-electron chi connectivity index (χ1n) is 10.8. The zero-order chi connectivity index (χ0) is 23.9. The molecule has 1 N–H and O–H groups in total. The molecule has 0 aliphatic carbocycles. The number of hydrogen-bond acceptors (Lipinski definition) is 6. The summed E-state index contributed by atoms with van der Waals surface area (Å²) < 4.78 is 31.4. The Morgan fingerprint density at radius 1 is 0.971 bits per heavy atom. The van der Waals surface area contributed by atoms with Crippen LogP contribution >= 0.6 is 0 Å². The Morgan fingerprint density at radius 2 is 1.71 bits per heavy atom. The van der Waals surface area contributed by atoms with Crippen molar-refractivity contribution in [1.82, 2.24) is 28.4 Å². The van der Waals surface area contributed by atoms with Crippen LogP contribution < -0.4 is 9.62 Å². The summed E-state index contributed by atoms with van der Waals surface area (Å²) in [7, 11) is -0.0990. The van der Waals surface area contributed by atoms with Crippen molar-refractivity contribution in [1.29, 1.82) is 5.26 Å². The lowest BCUT2D eigenvalue weighted by molar-refractivity contribution is 0.380. The number of nitriles is 1. The second-order valence-corrected chi connectivity index (χ2v) is 10.0. The summed E-state index contributed by atoms with van der Waals surface area (Å²) in [6.07, 6.45) is 7.23. The van der Waals surface area contributed by atoms with Gasteiger partial charge < -0.3 is 4.90 Å².